The van der Waals surface area contributed by atoms with Gasteiger partial charge < -0.3 is 15.8 Å². The number of ether oxygens (including phenoxy) is 1. The molecule has 0 atom stereocenters. The molecule has 0 amide bonds. The van der Waals surface area contributed by atoms with Crippen molar-refractivity contribution >= 4 is 34.8 Å². The van der Waals surface area contributed by atoms with Gasteiger partial charge in [-0.2, -0.15) is 0 Å². The molecule has 0 fully saturated rings. The van der Waals surface area contributed by atoms with Crippen LogP contribution in [-0.4, -0.2) is 18.8 Å². The number of nitrogens with one attached hydrogen (secondary N) is 1. The van der Waals surface area contributed by atoms with Crippen molar-refractivity contribution in [2.75, 3.05) is 23.9 Å². The van der Waals surface area contributed by atoms with E-state index in [0.29, 0.717) is 23.5 Å². The average molecular weight is 302 g/mol. The number of hydrogen-bond donors (Lipinski definition) is 2. The number of carbonyl (C=O) groups excluding carboxylic acids is 1. The van der Waals surface area contributed by atoms with Gasteiger partial charge in [0.2, 0.25) is 0 Å². The number of anilines is 3. The number of rotatable bonds is 5. The SMILES string of the molecule is CCOC(=O)c1cccc(Nc2ccc(SC)cc2)c1N. The predicted octanol–water partition coefficient (Wildman–Crippen LogP) is 3.91. The number of nitrogens with two attached hydrogens (primary N) is 1. The van der Waals surface area contributed by atoms with Crippen LogP contribution in [0.4, 0.5) is 17.1 Å². The van der Waals surface area contributed by atoms with Crippen LogP contribution in [0.1, 0.15) is 17.3 Å². The number of hydrogen-bond acceptors (Lipinski definition) is 5. The van der Waals surface area contributed by atoms with Crippen molar-refractivity contribution in [2.24, 2.45) is 0 Å². The van der Waals surface area contributed by atoms with Crippen LogP contribution in [-0.2, 0) is 4.74 Å². The molecule has 110 valence electrons. The Morgan fingerprint density at radius 3 is 2.57 bits per heavy atom. The van der Waals surface area contributed by atoms with Crippen molar-refractivity contribution in [3.8, 4) is 0 Å². The van der Waals surface area contributed by atoms with E-state index in [1.54, 1.807) is 30.8 Å². The lowest BCUT2D eigenvalue weighted by Crippen LogP contribution is -2.09. The Labute approximate surface area is 128 Å². The first kappa shape index (κ1) is 15.3. The molecular weight excluding hydrogens is 284 g/mol. The highest BCUT2D eigenvalue weighted by Gasteiger charge is 2.13. The first-order valence-corrected chi connectivity index (χ1v) is 7.85. The van der Waals surface area contributed by atoms with Crippen LogP contribution >= 0.6 is 11.8 Å². The molecule has 0 heterocycles. The van der Waals surface area contributed by atoms with E-state index in [1.807, 2.05) is 36.6 Å². The predicted molar refractivity (Wildman–Crippen MR) is 88.3 cm³/mol. The molecule has 0 aliphatic heterocycles. The zero-order chi connectivity index (χ0) is 15.2. The molecule has 0 aliphatic carbocycles. The molecule has 0 aliphatic rings. The van der Waals surface area contributed by atoms with Crippen LogP contribution in [0.15, 0.2) is 47.4 Å². The van der Waals surface area contributed by atoms with E-state index in [1.165, 1.54) is 4.90 Å². The minimum atomic E-state index is -0.406. The van der Waals surface area contributed by atoms with Gasteiger partial charge in [0.15, 0.2) is 0 Å². The van der Waals surface area contributed by atoms with E-state index in [0.717, 1.165) is 5.69 Å². The third-order valence-electron chi connectivity index (χ3n) is 2.97. The summed E-state index contributed by atoms with van der Waals surface area (Å²) in [6, 6.07) is 13.3. The Hall–Kier alpha value is -2.14. The van der Waals surface area contributed by atoms with E-state index < -0.39 is 5.97 Å². The molecule has 0 saturated carbocycles. The maximum absolute atomic E-state index is 11.8. The van der Waals surface area contributed by atoms with Gasteiger partial charge >= 0.3 is 5.97 Å². The topological polar surface area (TPSA) is 64.3 Å². The summed E-state index contributed by atoms with van der Waals surface area (Å²) < 4.78 is 4.99. The molecule has 0 bridgehead atoms. The minimum Gasteiger partial charge on any atom is -0.462 e. The van der Waals surface area contributed by atoms with E-state index >= 15 is 0 Å². The van der Waals surface area contributed by atoms with Crippen molar-refractivity contribution in [1.29, 1.82) is 0 Å². The Kier molecular flexibility index (Phi) is 5.11. The Bertz CT molecular complexity index is 627. The van der Waals surface area contributed by atoms with E-state index in [-0.39, 0.29) is 0 Å². The summed E-state index contributed by atoms with van der Waals surface area (Å²) in [5.74, 6) is -0.406. The van der Waals surface area contributed by atoms with Gasteiger partial charge in [-0.25, -0.2) is 4.79 Å². The molecule has 4 nitrogen and oxygen atoms in total. The molecule has 0 aromatic heterocycles. The second-order valence-electron chi connectivity index (χ2n) is 4.34. The van der Waals surface area contributed by atoms with Gasteiger partial charge in [0.25, 0.3) is 0 Å². The van der Waals surface area contributed by atoms with Crippen molar-refractivity contribution in [3.05, 3.63) is 48.0 Å². The molecular formula is C16H18N2O2S. The molecule has 0 spiro atoms. The number of thioether (sulfide) groups is 1. The highest BCUT2D eigenvalue weighted by atomic mass is 32.2. The lowest BCUT2D eigenvalue weighted by atomic mass is 10.1. The van der Waals surface area contributed by atoms with Crippen LogP contribution in [0.3, 0.4) is 0 Å². The van der Waals surface area contributed by atoms with Gasteiger partial charge in [-0.05, 0) is 49.6 Å². The third kappa shape index (κ3) is 3.70. The monoisotopic (exact) mass is 302 g/mol. The summed E-state index contributed by atoms with van der Waals surface area (Å²) >= 11 is 1.69. The summed E-state index contributed by atoms with van der Waals surface area (Å²) in [6.45, 7) is 2.09. The van der Waals surface area contributed by atoms with E-state index in [9.17, 15) is 4.79 Å². The lowest BCUT2D eigenvalue weighted by Gasteiger charge is -2.12. The van der Waals surface area contributed by atoms with Gasteiger partial charge in [-0.3, -0.25) is 0 Å². The quantitative estimate of drug-likeness (QED) is 0.498. The van der Waals surface area contributed by atoms with E-state index in [4.69, 9.17) is 10.5 Å². The fourth-order valence-corrected chi connectivity index (χ4v) is 2.30. The highest BCUT2D eigenvalue weighted by Crippen LogP contribution is 2.27. The van der Waals surface area contributed by atoms with E-state index in [2.05, 4.69) is 5.32 Å². The smallest absolute Gasteiger partial charge is 0.340 e. The Morgan fingerprint density at radius 2 is 1.95 bits per heavy atom. The summed E-state index contributed by atoms with van der Waals surface area (Å²) in [6.07, 6.45) is 2.03. The normalized spacial score (nSPS) is 10.2. The largest absolute Gasteiger partial charge is 0.462 e. The van der Waals surface area contributed by atoms with Crippen molar-refractivity contribution < 1.29 is 9.53 Å². The fraction of sp³-hybridized carbons (Fsp3) is 0.188. The molecule has 3 N–H and O–H groups in total. The first-order valence-electron chi connectivity index (χ1n) is 6.62. The molecule has 0 radical (unpaired) electrons. The standard InChI is InChI=1S/C16H18N2O2S/c1-3-20-16(19)13-5-4-6-14(15(13)17)18-11-7-9-12(21-2)10-8-11/h4-10,18H,3,17H2,1-2H3. The van der Waals surface area contributed by atoms with Crippen molar-refractivity contribution in [2.45, 2.75) is 11.8 Å². The second-order valence-corrected chi connectivity index (χ2v) is 5.22. The average Bonchev–Trinajstić information content (AvgIpc) is 2.50. The number of benzene rings is 2. The number of nitrogen functional groups attached to an aromatic ring is 1. The zero-order valence-electron chi connectivity index (χ0n) is 12.1. The first-order chi connectivity index (χ1) is 10.2. The maximum Gasteiger partial charge on any atom is 0.340 e. The van der Waals surface area contributed by atoms with Crippen LogP contribution in [0.2, 0.25) is 0 Å². The second kappa shape index (κ2) is 7.04. The molecule has 2 aromatic carbocycles. The minimum absolute atomic E-state index is 0.325. The van der Waals surface area contributed by atoms with Crippen LogP contribution < -0.4 is 11.1 Å². The van der Waals surface area contributed by atoms with Crippen LogP contribution in [0, 0.1) is 0 Å². The van der Waals surface area contributed by atoms with Gasteiger partial charge in [0, 0.05) is 10.6 Å². The summed E-state index contributed by atoms with van der Waals surface area (Å²) in [7, 11) is 0. The molecule has 2 rings (SSSR count). The van der Waals surface area contributed by atoms with Crippen LogP contribution in [0.25, 0.3) is 0 Å². The molecule has 0 saturated heterocycles. The third-order valence-corrected chi connectivity index (χ3v) is 3.71. The Balaban J connectivity index is 2.23. The lowest BCUT2D eigenvalue weighted by molar-refractivity contribution is 0.0527. The van der Waals surface area contributed by atoms with Crippen LogP contribution in [0.5, 0.6) is 0 Å². The van der Waals surface area contributed by atoms with Gasteiger partial charge in [0.05, 0.1) is 23.5 Å². The summed E-state index contributed by atoms with van der Waals surface area (Å²) in [5.41, 5.74) is 8.43. The molecule has 5 heteroatoms. The number of carbonyl (C=O) groups is 1. The van der Waals surface area contributed by atoms with Crippen molar-refractivity contribution in [1.82, 2.24) is 0 Å². The van der Waals surface area contributed by atoms with Gasteiger partial charge in [-0.15, -0.1) is 11.8 Å². The molecule has 21 heavy (non-hydrogen) atoms. The number of esters is 1. The maximum atomic E-state index is 11.8. The Morgan fingerprint density at radius 1 is 1.24 bits per heavy atom. The van der Waals surface area contributed by atoms with Gasteiger partial charge in [-0.1, -0.05) is 6.07 Å². The highest BCUT2D eigenvalue weighted by molar-refractivity contribution is 7.98. The fourth-order valence-electron chi connectivity index (χ4n) is 1.89. The summed E-state index contributed by atoms with van der Waals surface area (Å²) in [5, 5.41) is 3.22. The van der Waals surface area contributed by atoms with Crippen molar-refractivity contribution in [3.63, 3.8) is 0 Å². The number of para-hydroxylation sites is 1. The zero-order valence-corrected chi connectivity index (χ0v) is 12.9. The van der Waals surface area contributed by atoms with Gasteiger partial charge in [0.1, 0.15) is 0 Å². The summed E-state index contributed by atoms with van der Waals surface area (Å²) in [4.78, 5) is 13.0. The molecule has 2 aromatic rings. The molecule has 0 unspecified atom stereocenters.